The molecule has 1 N–H and O–H groups in total. The summed E-state index contributed by atoms with van der Waals surface area (Å²) in [5, 5.41) is 13.9. The summed E-state index contributed by atoms with van der Waals surface area (Å²) in [5.74, 6) is -0.120. The molecular formula is C13H14N4O3S. The molecule has 3 heterocycles. The lowest BCUT2D eigenvalue weighted by Crippen LogP contribution is -2.07. The van der Waals surface area contributed by atoms with Gasteiger partial charge in [0, 0.05) is 7.05 Å². The van der Waals surface area contributed by atoms with Crippen LogP contribution in [0.15, 0.2) is 28.0 Å². The first-order valence-corrected chi connectivity index (χ1v) is 7.31. The maximum Gasteiger partial charge on any atom is 0.313 e. The Morgan fingerprint density at radius 1 is 1.52 bits per heavy atom. The molecule has 0 saturated carbocycles. The number of imidazole rings is 1. The molecule has 0 spiro atoms. The highest BCUT2D eigenvalue weighted by atomic mass is 32.2. The third-order valence-corrected chi connectivity index (χ3v) is 4.04. The van der Waals surface area contributed by atoms with E-state index in [9.17, 15) is 4.79 Å². The Bertz CT molecular complexity index is 788. The molecule has 7 nitrogen and oxygen atoms in total. The van der Waals surface area contributed by atoms with Gasteiger partial charge in [-0.2, -0.15) is 5.10 Å². The quantitative estimate of drug-likeness (QED) is 0.725. The smallest absolute Gasteiger partial charge is 0.313 e. The zero-order valence-electron chi connectivity index (χ0n) is 11.6. The minimum Gasteiger partial charge on any atom is -0.481 e. The van der Waals surface area contributed by atoms with Crippen molar-refractivity contribution in [1.82, 2.24) is 19.3 Å². The molecule has 0 radical (unpaired) electrons. The van der Waals surface area contributed by atoms with Gasteiger partial charge >= 0.3 is 5.97 Å². The van der Waals surface area contributed by atoms with E-state index in [0.29, 0.717) is 11.7 Å². The number of carbonyl (C=O) groups is 1. The maximum atomic E-state index is 10.8. The summed E-state index contributed by atoms with van der Waals surface area (Å²) in [6.07, 6.45) is 1.61. The molecule has 3 aromatic rings. The van der Waals surface area contributed by atoms with Crippen LogP contribution in [0.4, 0.5) is 0 Å². The van der Waals surface area contributed by atoms with E-state index in [0.717, 1.165) is 22.6 Å². The molecule has 21 heavy (non-hydrogen) atoms. The second kappa shape index (κ2) is 5.28. The Balaban J connectivity index is 2.07. The fraction of sp³-hybridized carbons (Fsp3) is 0.308. The van der Waals surface area contributed by atoms with Gasteiger partial charge in [0.2, 0.25) is 0 Å². The van der Waals surface area contributed by atoms with Crippen molar-refractivity contribution < 1.29 is 14.3 Å². The average molecular weight is 306 g/mol. The SMILES string of the molecule is Cc1nn(C)c2c1nc(SCC(=O)O)n2Cc1ccco1. The number of nitrogens with zero attached hydrogens (tertiary/aromatic N) is 4. The largest absolute Gasteiger partial charge is 0.481 e. The Morgan fingerprint density at radius 2 is 2.33 bits per heavy atom. The number of hydrogen-bond acceptors (Lipinski definition) is 5. The second-order valence-electron chi connectivity index (χ2n) is 4.62. The molecule has 0 aliphatic carbocycles. The molecule has 0 aliphatic rings. The minimum absolute atomic E-state index is 0.0338. The van der Waals surface area contributed by atoms with Crippen LogP contribution in [0.1, 0.15) is 11.5 Å². The fourth-order valence-electron chi connectivity index (χ4n) is 2.25. The zero-order chi connectivity index (χ0) is 15.0. The molecule has 0 fully saturated rings. The van der Waals surface area contributed by atoms with E-state index >= 15 is 0 Å². The lowest BCUT2D eigenvalue weighted by atomic mass is 10.4. The van der Waals surface area contributed by atoms with Crippen molar-refractivity contribution >= 4 is 28.9 Å². The first kappa shape index (κ1) is 13.7. The van der Waals surface area contributed by atoms with E-state index in [2.05, 4.69) is 10.1 Å². The summed E-state index contributed by atoms with van der Waals surface area (Å²) in [6.45, 7) is 2.38. The highest BCUT2D eigenvalue weighted by molar-refractivity contribution is 7.99. The monoisotopic (exact) mass is 306 g/mol. The van der Waals surface area contributed by atoms with E-state index in [-0.39, 0.29) is 5.75 Å². The number of carboxylic acid groups (broad SMARTS) is 1. The molecule has 0 amide bonds. The van der Waals surface area contributed by atoms with Crippen molar-refractivity contribution in [3.8, 4) is 0 Å². The second-order valence-corrected chi connectivity index (χ2v) is 5.57. The van der Waals surface area contributed by atoms with Gasteiger partial charge in [-0.1, -0.05) is 11.8 Å². The summed E-state index contributed by atoms with van der Waals surface area (Å²) >= 11 is 1.19. The highest BCUT2D eigenvalue weighted by Crippen LogP contribution is 2.26. The van der Waals surface area contributed by atoms with Gasteiger partial charge in [-0.05, 0) is 19.1 Å². The summed E-state index contributed by atoms with van der Waals surface area (Å²) < 4.78 is 9.07. The van der Waals surface area contributed by atoms with Crippen molar-refractivity contribution in [2.24, 2.45) is 7.05 Å². The number of aryl methyl sites for hydroxylation is 2. The van der Waals surface area contributed by atoms with E-state index in [1.807, 2.05) is 30.7 Å². The third-order valence-electron chi connectivity index (χ3n) is 3.07. The molecular weight excluding hydrogens is 292 g/mol. The summed E-state index contributed by atoms with van der Waals surface area (Å²) in [4.78, 5) is 15.3. The number of furan rings is 1. The van der Waals surface area contributed by atoms with Crippen LogP contribution in [-0.2, 0) is 18.4 Å². The number of aliphatic carboxylic acids is 1. The van der Waals surface area contributed by atoms with Gasteiger partial charge < -0.3 is 9.52 Å². The van der Waals surface area contributed by atoms with Gasteiger partial charge in [-0.25, -0.2) is 4.98 Å². The number of aromatic nitrogens is 4. The number of hydrogen-bond donors (Lipinski definition) is 1. The molecule has 110 valence electrons. The van der Waals surface area contributed by atoms with E-state index in [4.69, 9.17) is 9.52 Å². The Morgan fingerprint density at radius 3 is 3.00 bits per heavy atom. The number of carboxylic acids is 1. The number of fused-ring (bicyclic) bond motifs is 1. The van der Waals surface area contributed by atoms with Crippen LogP contribution in [0.2, 0.25) is 0 Å². The van der Waals surface area contributed by atoms with E-state index < -0.39 is 5.97 Å². The van der Waals surface area contributed by atoms with Gasteiger partial charge in [0.15, 0.2) is 10.8 Å². The summed E-state index contributed by atoms with van der Waals surface area (Å²) in [7, 11) is 1.85. The molecule has 0 bridgehead atoms. The molecule has 0 atom stereocenters. The number of thioether (sulfide) groups is 1. The van der Waals surface area contributed by atoms with Crippen molar-refractivity contribution in [3.05, 3.63) is 29.9 Å². The molecule has 8 heteroatoms. The summed E-state index contributed by atoms with van der Waals surface area (Å²) in [6, 6.07) is 3.70. The molecule has 0 aliphatic heterocycles. The normalized spacial score (nSPS) is 11.3. The van der Waals surface area contributed by atoms with Crippen LogP contribution in [0.5, 0.6) is 0 Å². The van der Waals surface area contributed by atoms with E-state index in [1.54, 1.807) is 10.9 Å². The highest BCUT2D eigenvalue weighted by Gasteiger charge is 2.19. The van der Waals surface area contributed by atoms with Gasteiger partial charge in [-0.15, -0.1) is 0 Å². The Labute approximate surface area is 124 Å². The Hall–Kier alpha value is -2.22. The predicted octanol–water partition coefficient (Wildman–Crippen LogP) is 1.90. The average Bonchev–Trinajstić information content (AvgIpc) is 3.09. The maximum absolute atomic E-state index is 10.8. The third kappa shape index (κ3) is 2.54. The van der Waals surface area contributed by atoms with Crippen molar-refractivity contribution in [2.45, 2.75) is 18.6 Å². The van der Waals surface area contributed by atoms with Crippen LogP contribution in [-0.4, -0.2) is 36.2 Å². The summed E-state index contributed by atoms with van der Waals surface area (Å²) in [5.41, 5.74) is 2.47. The van der Waals surface area contributed by atoms with Crippen LogP contribution >= 0.6 is 11.8 Å². The molecule has 0 unspecified atom stereocenters. The van der Waals surface area contributed by atoms with E-state index in [1.165, 1.54) is 11.8 Å². The van der Waals surface area contributed by atoms with Crippen molar-refractivity contribution in [1.29, 1.82) is 0 Å². The molecule has 0 aromatic carbocycles. The Kier molecular flexibility index (Phi) is 3.46. The standard InChI is InChI=1S/C13H14N4O3S/c1-8-11-12(16(2)15-8)17(6-9-4-3-5-20-9)13(14-11)21-7-10(18)19/h3-5H,6-7H2,1-2H3,(H,18,19). The van der Waals surface area contributed by atoms with Gasteiger partial charge in [0.25, 0.3) is 0 Å². The molecule has 3 aromatic heterocycles. The van der Waals surface area contributed by atoms with Crippen molar-refractivity contribution in [3.63, 3.8) is 0 Å². The lowest BCUT2D eigenvalue weighted by molar-refractivity contribution is -0.133. The molecule has 3 rings (SSSR count). The van der Waals surface area contributed by atoms with Crippen LogP contribution in [0, 0.1) is 6.92 Å². The van der Waals surface area contributed by atoms with Gasteiger partial charge in [-0.3, -0.25) is 14.0 Å². The lowest BCUT2D eigenvalue weighted by Gasteiger charge is -2.06. The van der Waals surface area contributed by atoms with Crippen LogP contribution in [0.25, 0.3) is 11.2 Å². The zero-order valence-corrected chi connectivity index (χ0v) is 12.4. The van der Waals surface area contributed by atoms with Crippen LogP contribution < -0.4 is 0 Å². The first-order valence-electron chi connectivity index (χ1n) is 6.33. The van der Waals surface area contributed by atoms with Crippen LogP contribution in [0.3, 0.4) is 0 Å². The molecule has 0 saturated heterocycles. The topological polar surface area (TPSA) is 86.1 Å². The predicted molar refractivity (Wildman–Crippen MR) is 77.4 cm³/mol. The van der Waals surface area contributed by atoms with Crippen molar-refractivity contribution in [2.75, 3.05) is 5.75 Å². The van der Waals surface area contributed by atoms with Gasteiger partial charge in [0.1, 0.15) is 11.3 Å². The number of rotatable bonds is 5. The van der Waals surface area contributed by atoms with Gasteiger partial charge in [0.05, 0.1) is 24.3 Å². The fourth-order valence-corrected chi connectivity index (χ4v) is 2.97. The minimum atomic E-state index is -0.869. The first-order chi connectivity index (χ1) is 10.1.